The first kappa shape index (κ1) is 24.9. The molecule has 0 N–H and O–H groups in total. The Hall–Kier alpha value is -2.75. The van der Waals surface area contributed by atoms with Crippen molar-refractivity contribution in [2.75, 3.05) is 0 Å². The Morgan fingerprint density at radius 3 is 0.939 bits per heavy atom. The van der Waals surface area contributed by atoms with Crippen molar-refractivity contribution in [3.05, 3.63) is 121 Å². The van der Waals surface area contributed by atoms with Crippen LogP contribution in [0.2, 0.25) is 0 Å². The minimum Gasteiger partial charge on any atom is -0.334 e. The van der Waals surface area contributed by atoms with E-state index in [4.69, 9.17) is 4.52 Å². The number of para-hydroxylation sites is 1. The topological polar surface area (TPSA) is 9.23 Å². The normalized spacial score (nSPS) is 13.6. The zero-order chi connectivity index (χ0) is 24.1. The molecule has 33 heavy (non-hydrogen) atoms. The van der Waals surface area contributed by atoms with Gasteiger partial charge >= 0.3 is 35.0 Å². The molecule has 0 saturated carbocycles. The number of halogens is 6. The third-order valence-corrected chi connectivity index (χ3v) is 7.91. The van der Waals surface area contributed by atoms with Crippen LogP contribution >= 0.6 is 7.49 Å². The van der Waals surface area contributed by atoms with E-state index in [-0.39, 0.29) is 0 Å². The van der Waals surface area contributed by atoms with Crippen LogP contribution in [0.15, 0.2) is 121 Å². The largest absolute Gasteiger partial charge is 0.334 e. The van der Waals surface area contributed by atoms with E-state index in [1.807, 2.05) is 30.3 Å². The fraction of sp³-hybridized carbons (Fsp3) is 0. The molecule has 174 valence electrons. The van der Waals surface area contributed by atoms with Crippen molar-refractivity contribution in [3.63, 3.8) is 0 Å². The van der Waals surface area contributed by atoms with E-state index < -0.39 is 21.7 Å². The molecule has 0 saturated heterocycles. The maximum Gasteiger partial charge on any atom is 0.287 e. The summed E-state index contributed by atoms with van der Waals surface area (Å²) in [7, 11) is -2.28. The zero-order valence-corrected chi connectivity index (χ0v) is 19.9. The van der Waals surface area contributed by atoms with Gasteiger partial charge in [-0.2, -0.15) is 0 Å². The van der Waals surface area contributed by atoms with Crippen LogP contribution in [-0.4, -0.2) is 14.2 Å². The van der Waals surface area contributed by atoms with Crippen LogP contribution in [0, 0.1) is 0 Å². The van der Waals surface area contributed by atoms with Crippen LogP contribution in [-0.2, 0) is 0 Å². The van der Waals surface area contributed by atoms with Gasteiger partial charge in [0.1, 0.15) is 15.9 Å². The number of hydrogen-bond donors (Lipinski definition) is 0. The van der Waals surface area contributed by atoms with Crippen LogP contribution in [0.5, 0.6) is 5.75 Å². The van der Waals surface area contributed by atoms with Gasteiger partial charge in [0.2, 0.25) is 0 Å². The Balaban J connectivity index is 0.000000383. The predicted molar refractivity (Wildman–Crippen MR) is 125 cm³/mol. The predicted octanol–water partition coefficient (Wildman–Crippen LogP) is 7.11. The summed E-state index contributed by atoms with van der Waals surface area (Å²) in [4.78, 5) is 0. The smallest absolute Gasteiger partial charge is 0.287 e. The Kier molecular flexibility index (Phi) is 6.70. The van der Waals surface area contributed by atoms with Crippen LogP contribution in [0.4, 0.5) is 20.8 Å². The van der Waals surface area contributed by atoms with E-state index in [1.54, 1.807) is 0 Å². The average Bonchev–Trinajstić information content (AvgIpc) is 2.78. The molecular weight excluding hydrogens is 524 g/mol. The standard InChI is InChI=1S/C24H20OP.AsF6/c1-5-13-21(14-6-1)25-26(22-15-7-2-8-16-22,23-17-9-3-10-18-23)24-19-11-4-12-20-24;2-1(3,4,5,6)7/h1-20H;/q+1;-1. The summed E-state index contributed by atoms with van der Waals surface area (Å²) >= 11 is -11.1. The third kappa shape index (κ3) is 7.95. The molecule has 0 aromatic heterocycles. The van der Waals surface area contributed by atoms with E-state index in [9.17, 15) is 20.8 Å². The van der Waals surface area contributed by atoms with E-state index in [1.165, 1.54) is 15.9 Å². The van der Waals surface area contributed by atoms with Crippen molar-refractivity contribution in [2.45, 2.75) is 0 Å². The fourth-order valence-corrected chi connectivity index (χ4v) is 6.58. The first-order chi connectivity index (χ1) is 15.3. The SMILES string of the molecule is F[As-](F)(F)(F)(F)F.c1ccc(O[P+](c2ccccc2)(c2ccccc2)c2ccccc2)cc1. The molecule has 0 aliphatic carbocycles. The molecule has 4 aromatic rings. The first-order valence-electron chi connectivity index (χ1n) is 9.71. The molecule has 4 aromatic carbocycles. The second-order valence-corrected chi connectivity index (χ2v) is 14.0. The summed E-state index contributed by atoms with van der Waals surface area (Å²) in [6.07, 6.45) is 0. The molecule has 0 fully saturated rings. The average molecular weight is 544 g/mol. The Labute approximate surface area is 189 Å². The van der Waals surface area contributed by atoms with Gasteiger partial charge in [0.25, 0.3) is 7.49 Å². The van der Waals surface area contributed by atoms with Gasteiger partial charge in [-0.3, -0.25) is 0 Å². The van der Waals surface area contributed by atoms with Crippen molar-refractivity contribution < 1.29 is 25.3 Å². The molecule has 0 heterocycles. The van der Waals surface area contributed by atoms with Crippen molar-refractivity contribution in [1.29, 1.82) is 0 Å². The molecule has 9 heteroatoms. The molecule has 0 atom stereocenters. The molecule has 1 nitrogen and oxygen atoms in total. The molecule has 0 amide bonds. The van der Waals surface area contributed by atoms with Gasteiger partial charge in [-0.1, -0.05) is 72.8 Å². The fourth-order valence-electron chi connectivity index (χ4n) is 3.16. The number of rotatable bonds is 5. The summed E-state index contributed by atoms with van der Waals surface area (Å²) in [6, 6.07) is 41.9. The second-order valence-electron chi connectivity index (χ2n) is 6.98. The Bertz CT molecular complexity index is 1050. The molecule has 0 aliphatic heterocycles. The van der Waals surface area contributed by atoms with Crippen molar-refractivity contribution in [2.24, 2.45) is 0 Å². The van der Waals surface area contributed by atoms with Crippen molar-refractivity contribution in [3.8, 4) is 5.75 Å². The monoisotopic (exact) mass is 544 g/mol. The molecule has 4 rings (SSSR count). The number of hydrogen-bond acceptors (Lipinski definition) is 1. The summed E-state index contributed by atoms with van der Waals surface area (Å²) in [5.74, 6) is 0.886. The molecule has 0 radical (unpaired) electrons. The summed E-state index contributed by atoms with van der Waals surface area (Å²) in [5, 5.41) is 3.63. The first-order valence-corrected chi connectivity index (χ1v) is 15.7. The minimum atomic E-state index is -11.1. The van der Waals surface area contributed by atoms with Crippen LogP contribution in [0.1, 0.15) is 0 Å². The Morgan fingerprint density at radius 1 is 0.424 bits per heavy atom. The minimum absolute atomic E-state index is 0.886. The van der Waals surface area contributed by atoms with Gasteiger partial charge in [-0.15, -0.1) is 0 Å². The van der Waals surface area contributed by atoms with Crippen LogP contribution in [0.25, 0.3) is 0 Å². The molecular formula is C24H20AsF6OP. The Morgan fingerprint density at radius 2 is 0.667 bits per heavy atom. The maximum atomic E-state index is 9.91. The molecule has 0 aliphatic rings. The maximum absolute atomic E-state index is 11.1. The molecule has 0 bridgehead atoms. The number of benzene rings is 4. The van der Waals surface area contributed by atoms with Gasteiger partial charge in [0, 0.05) is 0 Å². The summed E-state index contributed by atoms with van der Waals surface area (Å²) in [5.41, 5.74) is 0. The molecule has 0 spiro atoms. The van der Waals surface area contributed by atoms with Crippen LogP contribution in [0.3, 0.4) is 0 Å². The summed E-state index contributed by atoms with van der Waals surface area (Å²) < 4.78 is 66.3. The van der Waals surface area contributed by atoms with E-state index >= 15 is 0 Å². The summed E-state index contributed by atoms with van der Waals surface area (Å²) in [6.45, 7) is 0. The second kappa shape index (κ2) is 8.89. The third-order valence-electron chi connectivity index (χ3n) is 4.34. The van der Waals surface area contributed by atoms with Crippen LogP contribution < -0.4 is 20.4 Å². The van der Waals surface area contributed by atoms with Gasteiger partial charge in [-0.05, 0) is 48.5 Å². The zero-order valence-electron chi connectivity index (χ0n) is 17.1. The van der Waals surface area contributed by atoms with Gasteiger partial charge in [0.05, 0.1) is 0 Å². The molecule has 0 unspecified atom stereocenters. The van der Waals surface area contributed by atoms with Crippen molar-refractivity contribution in [1.82, 2.24) is 0 Å². The van der Waals surface area contributed by atoms with Gasteiger partial charge < -0.3 is 4.52 Å². The van der Waals surface area contributed by atoms with Gasteiger partial charge in [-0.25, -0.2) is 0 Å². The van der Waals surface area contributed by atoms with E-state index in [0.717, 1.165) is 5.75 Å². The van der Waals surface area contributed by atoms with Gasteiger partial charge in [0.15, 0.2) is 5.75 Å². The van der Waals surface area contributed by atoms with E-state index in [2.05, 4.69) is 91.0 Å². The van der Waals surface area contributed by atoms with Crippen molar-refractivity contribution >= 4 is 37.6 Å². The quantitative estimate of drug-likeness (QED) is 0.148. The van der Waals surface area contributed by atoms with E-state index in [0.29, 0.717) is 0 Å².